The van der Waals surface area contributed by atoms with E-state index >= 15 is 0 Å². The average molecular weight is 354 g/mol. The molecule has 1 aliphatic rings. The van der Waals surface area contributed by atoms with Crippen LogP contribution < -0.4 is 5.32 Å². The van der Waals surface area contributed by atoms with Crippen molar-refractivity contribution in [3.05, 3.63) is 47.8 Å². The SMILES string of the molecule is Oc1ccc(Cc2nnc3ccc(NCCN4CCOCC4)nn23)cc1. The van der Waals surface area contributed by atoms with Crippen LogP contribution in [0.25, 0.3) is 5.65 Å². The van der Waals surface area contributed by atoms with E-state index < -0.39 is 0 Å². The fraction of sp³-hybridized carbons (Fsp3) is 0.389. The molecule has 0 aliphatic carbocycles. The molecular weight excluding hydrogens is 332 g/mol. The maximum absolute atomic E-state index is 9.40. The van der Waals surface area contributed by atoms with Crippen LogP contribution >= 0.6 is 0 Å². The zero-order chi connectivity index (χ0) is 17.8. The quantitative estimate of drug-likeness (QED) is 0.687. The van der Waals surface area contributed by atoms with Crippen molar-refractivity contribution in [1.29, 1.82) is 0 Å². The van der Waals surface area contributed by atoms with E-state index in [2.05, 4.69) is 25.5 Å². The Bertz CT molecular complexity index is 858. The lowest BCUT2D eigenvalue weighted by Crippen LogP contribution is -2.39. The van der Waals surface area contributed by atoms with Crippen LogP contribution in [0.4, 0.5) is 5.82 Å². The van der Waals surface area contributed by atoms with Crippen molar-refractivity contribution in [2.75, 3.05) is 44.7 Å². The van der Waals surface area contributed by atoms with E-state index in [1.807, 2.05) is 24.3 Å². The zero-order valence-electron chi connectivity index (χ0n) is 14.5. The van der Waals surface area contributed by atoms with Crippen LogP contribution in [0.3, 0.4) is 0 Å². The summed E-state index contributed by atoms with van der Waals surface area (Å²) < 4.78 is 7.13. The number of aromatic hydroxyl groups is 1. The van der Waals surface area contributed by atoms with Crippen LogP contribution in [-0.4, -0.2) is 69.2 Å². The molecule has 136 valence electrons. The number of hydrogen-bond acceptors (Lipinski definition) is 7. The first-order valence-corrected chi connectivity index (χ1v) is 8.81. The fourth-order valence-corrected chi connectivity index (χ4v) is 3.00. The van der Waals surface area contributed by atoms with Crippen molar-refractivity contribution in [1.82, 2.24) is 24.7 Å². The number of rotatable bonds is 6. The predicted molar refractivity (Wildman–Crippen MR) is 97.4 cm³/mol. The Morgan fingerprint density at radius 1 is 1.04 bits per heavy atom. The van der Waals surface area contributed by atoms with Gasteiger partial charge in [0.1, 0.15) is 11.6 Å². The molecule has 0 unspecified atom stereocenters. The number of phenols is 1. The van der Waals surface area contributed by atoms with E-state index in [4.69, 9.17) is 4.74 Å². The summed E-state index contributed by atoms with van der Waals surface area (Å²) in [4.78, 5) is 2.38. The molecule has 2 N–H and O–H groups in total. The smallest absolute Gasteiger partial charge is 0.178 e. The van der Waals surface area contributed by atoms with Gasteiger partial charge in [-0.05, 0) is 29.8 Å². The minimum atomic E-state index is 0.254. The Kier molecular flexibility index (Phi) is 4.94. The molecule has 8 heteroatoms. The first-order valence-electron chi connectivity index (χ1n) is 8.81. The van der Waals surface area contributed by atoms with Gasteiger partial charge in [-0.3, -0.25) is 4.90 Å². The predicted octanol–water partition coefficient (Wildman–Crippen LogP) is 1.16. The number of aromatic nitrogens is 4. The minimum Gasteiger partial charge on any atom is -0.508 e. The van der Waals surface area contributed by atoms with E-state index in [1.165, 1.54) is 0 Å². The summed E-state index contributed by atoms with van der Waals surface area (Å²) in [6.07, 6.45) is 0.603. The highest BCUT2D eigenvalue weighted by Crippen LogP contribution is 2.14. The van der Waals surface area contributed by atoms with Crippen LogP contribution in [0.1, 0.15) is 11.4 Å². The summed E-state index contributed by atoms with van der Waals surface area (Å²) in [6, 6.07) is 10.9. The van der Waals surface area contributed by atoms with E-state index in [1.54, 1.807) is 16.6 Å². The molecule has 1 aromatic carbocycles. The number of hydrogen-bond donors (Lipinski definition) is 2. The molecule has 0 amide bonds. The number of nitrogens with one attached hydrogen (secondary N) is 1. The molecular formula is C18H22N6O2. The van der Waals surface area contributed by atoms with Crippen molar-refractivity contribution in [3.8, 4) is 5.75 Å². The molecule has 1 saturated heterocycles. The van der Waals surface area contributed by atoms with Crippen molar-refractivity contribution in [3.63, 3.8) is 0 Å². The lowest BCUT2D eigenvalue weighted by molar-refractivity contribution is 0.0398. The lowest BCUT2D eigenvalue weighted by atomic mass is 10.1. The third-order valence-corrected chi connectivity index (χ3v) is 4.46. The third-order valence-electron chi connectivity index (χ3n) is 4.46. The normalized spacial score (nSPS) is 15.4. The summed E-state index contributed by atoms with van der Waals surface area (Å²) in [6.45, 7) is 5.38. The van der Waals surface area contributed by atoms with Gasteiger partial charge < -0.3 is 15.2 Å². The minimum absolute atomic E-state index is 0.254. The molecule has 0 atom stereocenters. The molecule has 0 radical (unpaired) electrons. The van der Waals surface area contributed by atoms with E-state index in [0.717, 1.165) is 62.2 Å². The van der Waals surface area contributed by atoms with Gasteiger partial charge in [0.15, 0.2) is 11.5 Å². The molecule has 3 heterocycles. The number of benzene rings is 1. The molecule has 4 rings (SSSR count). The highest BCUT2D eigenvalue weighted by molar-refractivity contribution is 5.44. The van der Waals surface area contributed by atoms with Crippen molar-refractivity contribution in [2.24, 2.45) is 0 Å². The molecule has 0 saturated carbocycles. The number of nitrogens with zero attached hydrogens (tertiary/aromatic N) is 5. The van der Waals surface area contributed by atoms with Gasteiger partial charge in [0.25, 0.3) is 0 Å². The summed E-state index contributed by atoms with van der Waals surface area (Å²) in [5.74, 6) is 1.82. The highest BCUT2D eigenvalue weighted by atomic mass is 16.5. The number of fused-ring (bicyclic) bond motifs is 1. The van der Waals surface area contributed by atoms with Gasteiger partial charge in [0, 0.05) is 32.6 Å². The van der Waals surface area contributed by atoms with Gasteiger partial charge in [-0.1, -0.05) is 12.1 Å². The second-order valence-electron chi connectivity index (χ2n) is 6.33. The Labute approximate surface area is 151 Å². The van der Waals surface area contributed by atoms with Gasteiger partial charge in [0.2, 0.25) is 0 Å². The van der Waals surface area contributed by atoms with E-state index in [0.29, 0.717) is 6.42 Å². The Morgan fingerprint density at radius 3 is 2.65 bits per heavy atom. The van der Waals surface area contributed by atoms with Crippen LogP contribution in [0, 0.1) is 0 Å². The lowest BCUT2D eigenvalue weighted by Gasteiger charge is -2.26. The van der Waals surface area contributed by atoms with Gasteiger partial charge in [-0.2, -0.15) is 4.52 Å². The summed E-state index contributed by atoms with van der Waals surface area (Å²) in [5, 5.41) is 25.8. The second kappa shape index (κ2) is 7.67. The number of anilines is 1. The average Bonchev–Trinajstić information content (AvgIpc) is 3.07. The summed E-state index contributed by atoms with van der Waals surface area (Å²) in [7, 11) is 0. The van der Waals surface area contributed by atoms with Crippen molar-refractivity contribution >= 4 is 11.5 Å². The third kappa shape index (κ3) is 3.92. The molecule has 2 aromatic heterocycles. The van der Waals surface area contributed by atoms with Crippen molar-refractivity contribution in [2.45, 2.75) is 6.42 Å². The Hall–Kier alpha value is -2.71. The molecule has 1 aliphatic heterocycles. The van der Waals surface area contributed by atoms with Crippen LogP contribution in [0.2, 0.25) is 0 Å². The van der Waals surface area contributed by atoms with Crippen LogP contribution in [-0.2, 0) is 11.2 Å². The maximum Gasteiger partial charge on any atom is 0.178 e. The van der Waals surface area contributed by atoms with Crippen molar-refractivity contribution < 1.29 is 9.84 Å². The Balaban J connectivity index is 1.43. The van der Waals surface area contributed by atoms with Gasteiger partial charge in [0.05, 0.1) is 13.2 Å². The highest BCUT2D eigenvalue weighted by Gasteiger charge is 2.11. The first-order chi connectivity index (χ1) is 12.8. The largest absolute Gasteiger partial charge is 0.508 e. The molecule has 1 fully saturated rings. The van der Waals surface area contributed by atoms with Gasteiger partial charge in [-0.15, -0.1) is 15.3 Å². The molecule has 3 aromatic rings. The molecule has 0 spiro atoms. The van der Waals surface area contributed by atoms with E-state index in [-0.39, 0.29) is 5.75 Å². The molecule has 8 nitrogen and oxygen atoms in total. The monoisotopic (exact) mass is 354 g/mol. The van der Waals surface area contributed by atoms with Gasteiger partial charge >= 0.3 is 0 Å². The molecule has 26 heavy (non-hydrogen) atoms. The standard InChI is InChI=1S/C18H22N6O2/c25-15-3-1-14(2-4-15)13-18-21-20-17-6-5-16(22-24(17)18)19-7-8-23-9-11-26-12-10-23/h1-6,25H,7-13H2,(H,19,22). The number of morpholine rings is 1. The maximum atomic E-state index is 9.40. The summed E-state index contributed by atoms with van der Waals surface area (Å²) in [5.41, 5.74) is 1.77. The fourth-order valence-electron chi connectivity index (χ4n) is 3.00. The molecule has 0 bridgehead atoms. The Morgan fingerprint density at radius 2 is 1.85 bits per heavy atom. The van der Waals surface area contributed by atoms with Crippen LogP contribution in [0.15, 0.2) is 36.4 Å². The van der Waals surface area contributed by atoms with Crippen LogP contribution in [0.5, 0.6) is 5.75 Å². The zero-order valence-corrected chi connectivity index (χ0v) is 14.5. The topological polar surface area (TPSA) is 87.8 Å². The first kappa shape index (κ1) is 16.7. The van der Waals surface area contributed by atoms with E-state index in [9.17, 15) is 5.11 Å². The number of phenolic OH excluding ortho intramolecular Hbond substituents is 1. The number of ether oxygens (including phenoxy) is 1. The summed E-state index contributed by atoms with van der Waals surface area (Å²) >= 11 is 0. The van der Waals surface area contributed by atoms with Gasteiger partial charge in [-0.25, -0.2) is 0 Å². The second-order valence-corrected chi connectivity index (χ2v) is 6.33.